The van der Waals surface area contributed by atoms with E-state index in [1.165, 1.54) is 0 Å². The Balaban J connectivity index is 3.07. The Kier molecular flexibility index (Phi) is 6.66. The molecule has 1 aromatic carbocycles. The van der Waals surface area contributed by atoms with Crippen molar-refractivity contribution in [2.45, 2.75) is 57.5 Å². The van der Waals surface area contributed by atoms with Crippen LogP contribution in [0.1, 0.15) is 46.1 Å². The first-order valence-electron chi connectivity index (χ1n) is 7.25. The van der Waals surface area contributed by atoms with E-state index < -0.39 is 15.6 Å². The van der Waals surface area contributed by atoms with Crippen molar-refractivity contribution in [3.05, 3.63) is 28.8 Å². The monoisotopic (exact) mass is 332 g/mol. The highest BCUT2D eigenvalue weighted by Crippen LogP contribution is 2.25. The largest absolute Gasteiger partial charge is 0.313 e. The molecule has 1 rings (SSSR count). The molecule has 6 heteroatoms. The summed E-state index contributed by atoms with van der Waals surface area (Å²) in [6.07, 6.45) is 1.67. The minimum absolute atomic E-state index is 0.142. The van der Waals surface area contributed by atoms with E-state index in [9.17, 15) is 8.42 Å². The van der Waals surface area contributed by atoms with Crippen molar-refractivity contribution in [1.29, 1.82) is 0 Å². The van der Waals surface area contributed by atoms with Crippen LogP contribution in [0.4, 0.5) is 0 Å². The van der Waals surface area contributed by atoms with Gasteiger partial charge in [-0.05, 0) is 44.5 Å². The molecule has 0 unspecified atom stereocenters. The minimum Gasteiger partial charge on any atom is -0.313 e. The SMILES string of the molecule is CCCC(C)(C)NS(=O)(=O)c1cc(CNCC)ccc1Cl. The molecule has 0 spiro atoms. The van der Waals surface area contributed by atoms with Gasteiger partial charge in [0.15, 0.2) is 0 Å². The smallest absolute Gasteiger partial charge is 0.242 e. The molecule has 0 aliphatic carbocycles. The fraction of sp³-hybridized carbons (Fsp3) is 0.600. The van der Waals surface area contributed by atoms with Gasteiger partial charge in [-0.2, -0.15) is 0 Å². The number of rotatable bonds is 8. The third-order valence-electron chi connectivity index (χ3n) is 3.15. The number of hydrogen-bond donors (Lipinski definition) is 2. The summed E-state index contributed by atoms with van der Waals surface area (Å²) >= 11 is 6.08. The third-order valence-corrected chi connectivity index (χ3v) is 5.33. The average molecular weight is 333 g/mol. The summed E-state index contributed by atoms with van der Waals surface area (Å²) in [6, 6.07) is 5.10. The predicted molar refractivity (Wildman–Crippen MR) is 88.1 cm³/mol. The summed E-state index contributed by atoms with van der Waals surface area (Å²) in [6.45, 7) is 9.23. The Morgan fingerprint density at radius 3 is 2.48 bits per heavy atom. The summed E-state index contributed by atoms with van der Waals surface area (Å²) in [5.74, 6) is 0. The number of sulfonamides is 1. The van der Waals surface area contributed by atoms with Crippen molar-refractivity contribution in [3.8, 4) is 0 Å². The Morgan fingerprint density at radius 2 is 1.90 bits per heavy atom. The van der Waals surface area contributed by atoms with Gasteiger partial charge in [0, 0.05) is 12.1 Å². The maximum absolute atomic E-state index is 12.6. The molecule has 0 saturated carbocycles. The standard InChI is InChI=1S/C15H25ClN2O2S/c1-5-9-15(3,4)18-21(19,20)14-10-12(11-17-6-2)7-8-13(14)16/h7-8,10,17-18H,5-6,9,11H2,1-4H3. The molecule has 0 amide bonds. The summed E-state index contributed by atoms with van der Waals surface area (Å²) in [5, 5.41) is 3.42. The van der Waals surface area contributed by atoms with Crippen LogP contribution in [0.5, 0.6) is 0 Å². The number of benzene rings is 1. The number of nitrogens with one attached hydrogen (secondary N) is 2. The quantitative estimate of drug-likeness (QED) is 0.768. The van der Waals surface area contributed by atoms with Gasteiger partial charge in [0.05, 0.1) is 5.02 Å². The van der Waals surface area contributed by atoms with Crippen molar-refractivity contribution < 1.29 is 8.42 Å². The van der Waals surface area contributed by atoms with Gasteiger partial charge in [0.1, 0.15) is 4.90 Å². The molecule has 0 bridgehead atoms. The zero-order chi connectivity index (χ0) is 16.1. The summed E-state index contributed by atoms with van der Waals surface area (Å²) in [7, 11) is -3.63. The van der Waals surface area contributed by atoms with Gasteiger partial charge in [-0.3, -0.25) is 0 Å². The van der Waals surface area contributed by atoms with Gasteiger partial charge >= 0.3 is 0 Å². The maximum atomic E-state index is 12.6. The van der Waals surface area contributed by atoms with Crippen LogP contribution in [0.25, 0.3) is 0 Å². The Morgan fingerprint density at radius 1 is 1.24 bits per heavy atom. The first kappa shape index (κ1) is 18.4. The van der Waals surface area contributed by atoms with Crippen molar-refractivity contribution in [3.63, 3.8) is 0 Å². The molecular weight excluding hydrogens is 308 g/mol. The van der Waals surface area contributed by atoms with Crippen LogP contribution in [0.3, 0.4) is 0 Å². The average Bonchev–Trinajstić information content (AvgIpc) is 2.36. The number of hydrogen-bond acceptors (Lipinski definition) is 3. The van der Waals surface area contributed by atoms with E-state index in [0.29, 0.717) is 6.54 Å². The lowest BCUT2D eigenvalue weighted by atomic mass is 10.0. The lowest BCUT2D eigenvalue weighted by molar-refractivity contribution is 0.418. The van der Waals surface area contributed by atoms with Crippen molar-refractivity contribution in [1.82, 2.24) is 10.0 Å². The summed E-state index contributed by atoms with van der Waals surface area (Å²) in [5.41, 5.74) is 0.407. The van der Waals surface area contributed by atoms with Crippen LogP contribution < -0.4 is 10.0 Å². The topological polar surface area (TPSA) is 58.2 Å². The van der Waals surface area contributed by atoms with Crippen molar-refractivity contribution >= 4 is 21.6 Å². The van der Waals surface area contributed by atoms with E-state index in [-0.39, 0.29) is 9.92 Å². The predicted octanol–water partition coefficient (Wildman–Crippen LogP) is 3.31. The fourth-order valence-corrected chi connectivity index (χ4v) is 4.22. The van der Waals surface area contributed by atoms with Gasteiger partial charge < -0.3 is 5.32 Å². The minimum atomic E-state index is -3.63. The first-order valence-corrected chi connectivity index (χ1v) is 9.11. The molecule has 0 aromatic heterocycles. The zero-order valence-corrected chi connectivity index (χ0v) is 14.7. The molecule has 2 N–H and O–H groups in total. The van der Waals surface area contributed by atoms with Gasteiger partial charge in [-0.1, -0.05) is 37.9 Å². The van der Waals surface area contributed by atoms with Crippen LogP contribution in [-0.4, -0.2) is 20.5 Å². The lowest BCUT2D eigenvalue weighted by Crippen LogP contribution is -2.43. The molecule has 4 nitrogen and oxygen atoms in total. The molecule has 120 valence electrons. The summed E-state index contributed by atoms with van der Waals surface area (Å²) in [4.78, 5) is 0.142. The Hall–Kier alpha value is -0.620. The van der Waals surface area contributed by atoms with Gasteiger partial charge in [0.25, 0.3) is 0 Å². The zero-order valence-electron chi connectivity index (χ0n) is 13.2. The summed E-state index contributed by atoms with van der Waals surface area (Å²) < 4.78 is 27.8. The maximum Gasteiger partial charge on any atom is 0.242 e. The second-order valence-corrected chi connectivity index (χ2v) is 7.84. The Labute approximate surface area is 133 Å². The highest BCUT2D eigenvalue weighted by atomic mass is 35.5. The van der Waals surface area contributed by atoms with E-state index in [4.69, 9.17) is 11.6 Å². The van der Waals surface area contributed by atoms with E-state index in [0.717, 1.165) is 24.9 Å². The molecule has 0 heterocycles. The van der Waals surface area contributed by atoms with E-state index in [1.54, 1.807) is 12.1 Å². The lowest BCUT2D eigenvalue weighted by Gasteiger charge is -2.25. The van der Waals surface area contributed by atoms with Gasteiger partial charge in [0.2, 0.25) is 10.0 Å². The molecule has 0 saturated heterocycles. The van der Waals surface area contributed by atoms with Gasteiger partial charge in [-0.15, -0.1) is 0 Å². The van der Waals surface area contributed by atoms with E-state index >= 15 is 0 Å². The third kappa shape index (κ3) is 5.58. The van der Waals surface area contributed by atoms with Gasteiger partial charge in [-0.25, -0.2) is 13.1 Å². The fourth-order valence-electron chi connectivity index (χ4n) is 2.23. The molecule has 0 radical (unpaired) electrons. The van der Waals surface area contributed by atoms with Crippen molar-refractivity contribution in [2.24, 2.45) is 0 Å². The molecule has 0 aliphatic rings. The van der Waals surface area contributed by atoms with Crippen molar-refractivity contribution in [2.75, 3.05) is 6.54 Å². The highest BCUT2D eigenvalue weighted by molar-refractivity contribution is 7.89. The molecule has 21 heavy (non-hydrogen) atoms. The second-order valence-electron chi connectivity index (χ2n) is 5.78. The number of halogens is 1. The second kappa shape index (κ2) is 7.58. The molecule has 0 fully saturated rings. The molecular formula is C15H25ClN2O2S. The van der Waals surface area contributed by atoms with Crippen LogP contribution in [0.2, 0.25) is 5.02 Å². The molecule has 1 aromatic rings. The van der Waals surface area contributed by atoms with Crippen LogP contribution >= 0.6 is 11.6 Å². The highest BCUT2D eigenvalue weighted by Gasteiger charge is 2.27. The molecule has 0 aliphatic heterocycles. The van der Waals surface area contributed by atoms with Crippen LogP contribution in [0, 0.1) is 0 Å². The van der Waals surface area contributed by atoms with Crippen LogP contribution in [0.15, 0.2) is 23.1 Å². The Bertz CT molecular complexity index is 571. The first-order chi connectivity index (χ1) is 9.72. The normalized spacial score (nSPS) is 12.6. The van der Waals surface area contributed by atoms with E-state index in [1.807, 2.05) is 33.8 Å². The van der Waals surface area contributed by atoms with E-state index in [2.05, 4.69) is 10.0 Å². The molecule has 0 atom stereocenters. The van der Waals surface area contributed by atoms with Crippen LogP contribution in [-0.2, 0) is 16.6 Å².